The van der Waals surface area contributed by atoms with Crippen molar-refractivity contribution in [1.82, 2.24) is 0 Å². The quantitative estimate of drug-likeness (QED) is 0.560. The molecule has 74 valence electrons. The third-order valence-electron chi connectivity index (χ3n) is 2.89. The van der Waals surface area contributed by atoms with Gasteiger partial charge < -0.3 is 0 Å². The third-order valence-corrected chi connectivity index (χ3v) is 6.28. The van der Waals surface area contributed by atoms with Crippen molar-refractivity contribution in [2.24, 2.45) is 5.41 Å². The first-order valence-electron chi connectivity index (χ1n) is 3.55. The van der Waals surface area contributed by atoms with Crippen molar-refractivity contribution in [1.29, 1.82) is 0 Å². The molecule has 6 heteroatoms. The van der Waals surface area contributed by atoms with E-state index < -0.39 is 25.1 Å². The van der Waals surface area contributed by atoms with Crippen LogP contribution < -0.4 is 0 Å². The van der Waals surface area contributed by atoms with Crippen molar-refractivity contribution >= 4 is 60.7 Å². The fourth-order valence-electron chi connectivity index (χ4n) is 1.67. The van der Waals surface area contributed by atoms with Crippen molar-refractivity contribution in [2.75, 3.05) is 0 Å². The molecule has 0 spiro atoms. The molecule has 1 aliphatic rings. The zero-order valence-corrected chi connectivity index (χ0v) is 10.7. The predicted octanol–water partition coefficient (Wildman–Crippen LogP) is 1.28. The standard InChI is InChI=1S/C7H10O2S4/c1-5(2)6(12,3(8)10)7(5,13)4(9)11/h12-13H,1-2H3,(H,8,10)(H,9,11). The minimum Gasteiger partial charge on any atom is -0.286 e. The fourth-order valence-corrected chi connectivity index (χ4v) is 3.82. The van der Waals surface area contributed by atoms with Crippen molar-refractivity contribution in [3.8, 4) is 0 Å². The van der Waals surface area contributed by atoms with Crippen LogP contribution in [0.4, 0.5) is 0 Å². The summed E-state index contributed by atoms with van der Waals surface area (Å²) in [7, 11) is 0. The molecule has 0 N–H and O–H groups in total. The summed E-state index contributed by atoms with van der Waals surface area (Å²) in [6, 6.07) is 0. The van der Waals surface area contributed by atoms with Gasteiger partial charge in [-0.3, -0.25) is 9.59 Å². The minimum absolute atomic E-state index is 0.446. The van der Waals surface area contributed by atoms with Crippen LogP contribution in [0.2, 0.25) is 0 Å². The number of carbonyl (C=O) groups is 2. The van der Waals surface area contributed by atoms with Gasteiger partial charge in [0.05, 0.1) is 0 Å². The van der Waals surface area contributed by atoms with Gasteiger partial charge in [-0.15, -0.1) is 25.3 Å². The first kappa shape index (κ1) is 11.8. The van der Waals surface area contributed by atoms with Crippen LogP contribution in [0.3, 0.4) is 0 Å². The summed E-state index contributed by atoms with van der Waals surface area (Å²) in [5.74, 6) is 0. The smallest absolute Gasteiger partial charge is 0.204 e. The van der Waals surface area contributed by atoms with Crippen LogP contribution in [0.25, 0.3) is 0 Å². The van der Waals surface area contributed by atoms with Crippen LogP contribution in [0.1, 0.15) is 13.8 Å². The molecule has 13 heavy (non-hydrogen) atoms. The van der Waals surface area contributed by atoms with Crippen LogP contribution in [0.15, 0.2) is 0 Å². The molecule has 0 saturated heterocycles. The Morgan fingerprint density at radius 1 is 0.923 bits per heavy atom. The molecule has 2 atom stereocenters. The Balaban J connectivity index is 3.22. The van der Waals surface area contributed by atoms with Gasteiger partial charge in [0.2, 0.25) is 10.2 Å². The maximum absolute atomic E-state index is 11.2. The maximum atomic E-state index is 11.2. The van der Waals surface area contributed by atoms with Crippen LogP contribution in [-0.4, -0.2) is 19.7 Å². The van der Waals surface area contributed by atoms with Crippen LogP contribution >= 0.6 is 50.5 Å². The van der Waals surface area contributed by atoms with Crippen molar-refractivity contribution in [2.45, 2.75) is 23.3 Å². The molecule has 2 nitrogen and oxygen atoms in total. The first-order valence-corrected chi connectivity index (χ1v) is 5.34. The highest BCUT2D eigenvalue weighted by atomic mass is 32.1. The second kappa shape index (κ2) is 2.87. The van der Waals surface area contributed by atoms with Crippen molar-refractivity contribution in [3.05, 3.63) is 0 Å². The summed E-state index contributed by atoms with van der Waals surface area (Å²) < 4.78 is -2.24. The Labute approximate surface area is 98.9 Å². The van der Waals surface area contributed by atoms with E-state index in [0.29, 0.717) is 0 Å². The molecule has 1 saturated carbocycles. The molecule has 0 radical (unpaired) electrons. The van der Waals surface area contributed by atoms with E-state index in [4.69, 9.17) is 0 Å². The Kier molecular flexibility index (Phi) is 2.61. The normalized spacial score (nSPS) is 41.4. The molecule has 0 heterocycles. The van der Waals surface area contributed by atoms with E-state index in [1.165, 1.54) is 0 Å². The summed E-state index contributed by atoms with van der Waals surface area (Å²) in [4.78, 5) is 22.4. The Hall–Kier alpha value is 0.740. The Morgan fingerprint density at radius 2 is 1.15 bits per heavy atom. The molecule has 0 aromatic heterocycles. The topological polar surface area (TPSA) is 34.1 Å². The zero-order chi connectivity index (χ0) is 10.7. The molecule has 2 unspecified atom stereocenters. The lowest BCUT2D eigenvalue weighted by atomic mass is 10.1. The highest BCUT2D eigenvalue weighted by Gasteiger charge is 2.85. The molecule has 0 aromatic rings. The van der Waals surface area contributed by atoms with E-state index in [0.717, 1.165) is 0 Å². The van der Waals surface area contributed by atoms with E-state index in [1.807, 2.05) is 0 Å². The number of thiol groups is 4. The van der Waals surface area contributed by atoms with Crippen LogP contribution in [0, 0.1) is 5.41 Å². The van der Waals surface area contributed by atoms with E-state index in [1.54, 1.807) is 13.8 Å². The predicted molar refractivity (Wildman–Crippen MR) is 65.2 cm³/mol. The first-order chi connectivity index (χ1) is 5.64. The van der Waals surface area contributed by atoms with Gasteiger partial charge in [-0.25, -0.2) is 0 Å². The van der Waals surface area contributed by atoms with Gasteiger partial charge in [-0.2, -0.15) is 25.3 Å². The average Bonchev–Trinajstić information content (AvgIpc) is 2.32. The molecular formula is C7H10O2S4. The second-order valence-electron chi connectivity index (χ2n) is 3.66. The summed E-state index contributed by atoms with van der Waals surface area (Å²) >= 11 is 15.8. The molecule has 0 amide bonds. The molecule has 0 aliphatic heterocycles. The highest BCUT2D eigenvalue weighted by Crippen LogP contribution is 2.73. The summed E-state index contributed by atoms with van der Waals surface area (Å²) in [6.45, 7) is 3.49. The van der Waals surface area contributed by atoms with Gasteiger partial charge in [0, 0.05) is 5.41 Å². The largest absolute Gasteiger partial charge is 0.286 e. The molecule has 1 rings (SSSR count). The lowest BCUT2D eigenvalue weighted by Crippen LogP contribution is -2.26. The minimum atomic E-state index is -1.12. The van der Waals surface area contributed by atoms with Gasteiger partial charge in [0.15, 0.2) is 0 Å². The molecule has 1 aliphatic carbocycles. The summed E-state index contributed by atoms with van der Waals surface area (Å²) in [6.07, 6.45) is 0. The fraction of sp³-hybridized carbons (Fsp3) is 0.714. The number of hydrogen-bond acceptors (Lipinski definition) is 4. The summed E-state index contributed by atoms with van der Waals surface area (Å²) in [5, 5.41) is -0.892. The number of rotatable bonds is 2. The van der Waals surface area contributed by atoms with Gasteiger partial charge in [0.25, 0.3) is 0 Å². The second-order valence-corrected chi connectivity index (χ2v) is 5.81. The zero-order valence-electron chi connectivity index (χ0n) is 7.11. The van der Waals surface area contributed by atoms with Gasteiger partial charge >= 0.3 is 0 Å². The monoisotopic (exact) mass is 254 g/mol. The van der Waals surface area contributed by atoms with E-state index in [-0.39, 0.29) is 0 Å². The number of hydrogen-bond donors (Lipinski definition) is 4. The van der Waals surface area contributed by atoms with Gasteiger partial charge in [-0.1, -0.05) is 13.8 Å². The van der Waals surface area contributed by atoms with Gasteiger partial charge in [-0.05, 0) is 0 Å². The Morgan fingerprint density at radius 3 is 1.23 bits per heavy atom. The summed E-state index contributed by atoms with van der Waals surface area (Å²) in [5.41, 5.74) is -0.621. The lowest BCUT2D eigenvalue weighted by Gasteiger charge is -2.08. The van der Waals surface area contributed by atoms with Crippen molar-refractivity contribution < 1.29 is 9.59 Å². The highest BCUT2D eigenvalue weighted by molar-refractivity contribution is 8.03. The molecular weight excluding hydrogens is 244 g/mol. The molecule has 1 fully saturated rings. The average molecular weight is 254 g/mol. The molecule has 0 aromatic carbocycles. The lowest BCUT2D eigenvalue weighted by molar-refractivity contribution is -0.114. The van der Waals surface area contributed by atoms with Crippen molar-refractivity contribution in [3.63, 3.8) is 0 Å². The third kappa shape index (κ3) is 1.03. The van der Waals surface area contributed by atoms with E-state index in [2.05, 4.69) is 50.5 Å². The Bertz CT molecular complexity index is 273. The van der Waals surface area contributed by atoms with Crippen LogP contribution in [0.5, 0.6) is 0 Å². The SMILES string of the molecule is CC1(C)C(S)(C(=O)S)C1(S)C(=O)S. The van der Waals surface area contributed by atoms with E-state index >= 15 is 0 Å². The molecule has 0 bridgehead atoms. The maximum Gasteiger partial charge on any atom is 0.204 e. The number of carbonyl (C=O) groups excluding carboxylic acids is 2. The van der Waals surface area contributed by atoms with Gasteiger partial charge in [0.1, 0.15) is 9.49 Å². The van der Waals surface area contributed by atoms with Crippen LogP contribution in [-0.2, 0) is 9.59 Å². The van der Waals surface area contributed by atoms with E-state index in [9.17, 15) is 9.59 Å².